The van der Waals surface area contributed by atoms with Gasteiger partial charge in [0.05, 0.1) is 10.5 Å². The van der Waals surface area contributed by atoms with Gasteiger partial charge in [-0.25, -0.2) is 4.39 Å². The molecular formula is C14H14FN3O2. The van der Waals surface area contributed by atoms with Crippen LogP contribution in [-0.4, -0.2) is 9.91 Å². The minimum absolute atomic E-state index is 0.0632. The largest absolute Gasteiger partial charge is 0.306 e. The number of nitro benzene ring substituents is 1. The standard InChI is InChI=1S/C14H14FN3O2/c1-10(11-4-3-7-16-8-11)17-9-12-13(15)5-2-6-14(12)18(19)20/h2-8,10,17H,9H2,1H3/t10-/m1/s1. The Morgan fingerprint density at radius 1 is 1.40 bits per heavy atom. The van der Waals surface area contributed by atoms with E-state index in [1.54, 1.807) is 18.5 Å². The summed E-state index contributed by atoms with van der Waals surface area (Å²) in [5.74, 6) is -0.579. The summed E-state index contributed by atoms with van der Waals surface area (Å²) >= 11 is 0. The average molecular weight is 275 g/mol. The quantitative estimate of drug-likeness (QED) is 0.672. The van der Waals surface area contributed by atoms with Crippen LogP contribution in [0.2, 0.25) is 0 Å². The van der Waals surface area contributed by atoms with Crippen molar-refractivity contribution < 1.29 is 9.31 Å². The molecule has 2 rings (SSSR count). The van der Waals surface area contributed by atoms with E-state index in [2.05, 4.69) is 10.3 Å². The van der Waals surface area contributed by atoms with Gasteiger partial charge in [0.2, 0.25) is 0 Å². The second kappa shape index (κ2) is 6.21. The maximum atomic E-state index is 13.7. The fraction of sp³-hybridized carbons (Fsp3) is 0.214. The number of rotatable bonds is 5. The Kier molecular flexibility index (Phi) is 4.37. The topological polar surface area (TPSA) is 68.1 Å². The Morgan fingerprint density at radius 2 is 2.20 bits per heavy atom. The summed E-state index contributed by atoms with van der Waals surface area (Å²) in [5.41, 5.74) is 0.788. The van der Waals surface area contributed by atoms with Crippen molar-refractivity contribution in [1.82, 2.24) is 10.3 Å². The van der Waals surface area contributed by atoms with Crippen molar-refractivity contribution in [3.63, 3.8) is 0 Å². The smallest absolute Gasteiger partial charge is 0.276 e. The number of halogens is 1. The molecule has 2 aromatic rings. The summed E-state index contributed by atoms with van der Waals surface area (Å²) in [6.45, 7) is 1.97. The Bertz CT molecular complexity index is 605. The first-order chi connectivity index (χ1) is 9.59. The highest BCUT2D eigenvalue weighted by Crippen LogP contribution is 2.22. The number of aromatic nitrogens is 1. The highest BCUT2D eigenvalue weighted by atomic mass is 19.1. The Balaban J connectivity index is 2.13. The van der Waals surface area contributed by atoms with Gasteiger partial charge in [0.15, 0.2) is 0 Å². The van der Waals surface area contributed by atoms with Crippen molar-refractivity contribution in [1.29, 1.82) is 0 Å². The molecule has 0 radical (unpaired) electrons. The van der Waals surface area contributed by atoms with Crippen molar-refractivity contribution in [3.05, 3.63) is 69.8 Å². The molecule has 0 unspecified atom stereocenters. The summed E-state index contributed by atoms with van der Waals surface area (Å²) in [4.78, 5) is 14.3. The van der Waals surface area contributed by atoms with E-state index in [4.69, 9.17) is 0 Å². The van der Waals surface area contributed by atoms with E-state index in [1.165, 1.54) is 18.2 Å². The molecule has 1 aromatic carbocycles. The lowest BCUT2D eigenvalue weighted by molar-refractivity contribution is -0.385. The molecule has 0 amide bonds. The van der Waals surface area contributed by atoms with Gasteiger partial charge in [-0.1, -0.05) is 12.1 Å². The van der Waals surface area contributed by atoms with E-state index in [0.717, 1.165) is 5.56 Å². The van der Waals surface area contributed by atoms with Crippen LogP contribution >= 0.6 is 0 Å². The van der Waals surface area contributed by atoms with Crippen molar-refractivity contribution in [2.75, 3.05) is 0 Å². The molecule has 1 N–H and O–H groups in total. The third-order valence-electron chi connectivity index (χ3n) is 3.06. The molecule has 0 aliphatic heterocycles. The van der Waals surface area contributed by atoms with E-state index >= 15 is 0 Å². The molecule has 1 atom stereocenters. The van der Waals surface area contributed by atoms with Gasteiger partial charge in [0.25, 0.3) is 5.69 Å². The van der Waals surface area contributed by atoms with Gasteiger partial charge in [-0.3, -0.25) is 15.1 Å². The average Bonchev–Trinajstić information content (AvgIpc) is 2.46. The first kappa shape index (κ1) is 14.1. The summed E-state index contributed by atoms with van der Waals surface area (Å²) in [6, 6.07) is 7.47. The van der Waals surface area contributed by atoms with E-state index in [-0.39, 0.29) is 23.8 Å². The van der Waals surface area contributed by atoms with Crippen LogP contribution < -0.4 is 5.32 Å². The summed E-state index contributed by atoms with van der Waals surface area (Å²) in [5, 5.41) is 14.0. The Labute approximate surface area is 115 Å². The summed E-state index contributed by atoms with van der Waals surface area (Å²) in [7, 11) is 0. The number of nitro groups is 1. The normalized spacial score (nSPS) is 12.1. The third-order valence-corrected chi connectivity index (χ3v) is 3.06. The second-order valence-corrected chi connectivity index (χ2v) is 4.38. The molecule has 6 heteroatoms. The molecule has 1 aromatic heterocycles. The van der Waals surface area contributed by atoms with Gasteiger partial charge < -0.3 is 5.32 Å². The lowest BCUT2D eigenvalue weighted by Gasteiger charge is -2.14. The van der Waals surface area contributed by atoms with Crippen molar-refractivity contribution in [2.45, 2.75) is 19.5 Å². The zero-order valence-corrected chi connectivity index (χ0v) is 10.9. The van der Waals surface area contributed by atoms with E-state index in [0.29, 0.717) is 0 Å². The van der Waals surface area contributed by atoms with E-state index in [9.17, 15) is 14.5 Å². The molecule has 0 bridgehead atoms. The highest BCUT2D eigenvalue weighted by molar-refractivity contribution is 5.40. The number of pyridine rings is 1. The van der Waals surface area contributed by atoms with Crippen LogP contribution in [0.1, 0.15) is 24.1 Å². The third kappa shape index (κ3) is 3.16. The van der Waals surface area contributed by atoms with Crippen molar-refractivity contribution in [2.24, 2.45) is 0 Å². The molecule has 1 heterocycles. The molecule has 0 saturated carbocycles. The van der Waals surface area contributed by atoms with Crippen LogP contribution in [0.5, 0.6) is 0 Å². The number of nitrogens with one attached hydrogen (secondary N) is 1. The van der Waals surface area contributed by atoms with Gasteiger partial charge in [-0.2, -0.15) is 0 Å². The van der Waals surface area contributed by atoms with Gasteiger partial charge in [-0.05, 0) is 24.6 Å². The van der Waals surface area contributed by atoms with Gasteiger partial charge in [0.1, 0.15) is 5.82 Å². The summed E-state index contributed by atoms with van der Waals surface area (Å²) in [6.07, 6.45) is 3.37. The molecule has 20 heavy (non-hydrogen) atoms. The highest BCUT2D eigenvalue weighted by Gasteiger charge is 2.18. The van der Waals surface area contributed by atoms with Gasteiger partial charge >= 0.3 is 0 Å². The monoisotopic (exact) mass is 275 g/mol. The Morgan fingerprint density at radius 3 is 2.85 bits per heavy atom. The van der Waals surface area contributed by atoms with Crippen molar-refractivity contribution in [3.8, 4) is 0 Å². The lowest BCUT2D eigenvalue weighted by atomic mass is 10.1. The lowest BCUT2D eigenvalue weighted by Crippen LogP contribution is -2.19. The van der Waals surface area contributed by atoms with Crippen LogP contribution in [-0.2, 0) is 6.54 Å². The van der Waals surface area contributed by atoms with Gasteiger partial charge in [-0.15, -0.1) is 0 Å². The molecule has 5 nitrogen and oxygen atoms in total. The van der Waals surface area contributed by atoms with Crippen LogP contribution in [0, 0.1) is 15.9 Å². The van der Waals surface area contributed by atoms with Crippen LogP contribution in [0.3, 0.4) is 0 Å². The fourth-order valence-electron chi connectivity index (χ4n) is 1.90. The molecule has 0 spiro atoms. The van der Waals surface area contributed by atoms with Crippen LogP contribution in [0.15, 0.2) is 42.7 Å². The molecule has 104 valence electrons. The first-order valence-corrected chi connectivity index (χ1v) is 6.14. The zero-order chi connectivity index (χ0) is 14.5. The fourth-order valence-corrected chi connectivity index (χ4v) is 1.90. The number of benzene rings is 1. The minimum atomic E-state index is -0.579. The van der Waals surface area contributed by atoms with Gasteiger partial charge in [0, 0.05) is 31.0 Å². The van der Waals surface area contributed by atoms with Crippen LogP contribution in [0.25, 0.3) is 0 Å². The SMILES string of the molecule is C[C@@H](NCc1c(F)cccc1[N+](=O)[O-])c1cccnc1. The Hall–Kier alpha value is -2.34. The molecular weight excluding hydrogens is 261 g/mol. The maximum absolute atomic E-state index is 13.7. The van der Waals surface area contributed by atoms with Crippen LogP contribution in [0.4, 0.5) is 10.1 Å². The number of hydrogen-bond donors (Lipinski definition) is 1. The summed E-state index contributed by atoms with van der Waals surface area (Å²) < 4.78 is 13.7. The second-order valence-electron chi connectivity index (χ2n) is 4.38. The molecule has 0 fully saturated rings. The first-order valence-electron chi connectivity index (χ1n) is 6.14. The minimum Gasteiger partial charge on any atom is -0.306 e. The van der Waals surface area contributed by atoms with E-state index in [1.807, 2.05) is 13.0 Å². The zero-order valence-electron chi connectivity index (χ0n) is 10.9. The molecule has 0 aliphatic rings. The van der Waals surface area contributed by atoms with E-state index < -0.39 is 10.7 Å². The predicted molar refractivity (Wildman–Crippen MR) is 72.5 cm³/mol. The predicted octanol–water partition coefficient (Wildman–Crippen LogP) is 2.98. The maximum Gasteiger partial charge on any atom is 0.276 e. The molecule has 0 aliphatic carbocycles. The number of nitrogens with zero attached hydrogens (tertiary/aromatic N) is 2. The number of hydrogen-bond acceptors (Lipinski definition) is 4. The molecule has 0 saturated heterocycles. The van der Waals surface area contributed by atoms with Crippen molar-refractivity contribution >= 4 is 5.69 Å².